The van der Waals surface area contributed by atoms with E-state index in [9.17, 15) is 9.59 Å². The molecule has 1 heterocycles. The molecule has 0 aliphatic rings. The first-order valence-electron chi connectivity index (χ1n) is 7.64. The van der Waals surface area contributed by atoms with E-state index in [1.807, 2.05) is 35.8 Å². The van der Waals surface area contributed by atoms with Gasteiger partial charge in [0, 0.05) is 18.3 Å². The van der Waals surface area contributed by atoms with Gasteiger partial charge in [0.25, 0.3) is 5.91 Å². The normalized spacial score (nSPS) is 11.9. The summed E-state index contributed by atoms with van der Waals surface area (Å²) in [5, 5.41) is 5.42. The molecule has 0 bridgehead atoms. The Morgan fingerprint density at radius 1 is 1.08 bits per heavy atom. The molecule has 3 rings (SSSR count). The molecule has 2 aromatic carbocycles. The van der Waals surface area contributed by atoms with Gasteiger partial charge < -0.3 is 15.2 Å². The van der Waals surface area contributed by atoms with Gasteiger partial charge in [-0.25, -0.2) is 4.98 Å². The second kappa shape index (κ2) is 6.54. The number of aromatic nitrogens is 2. The van der Waals surface area contributed by atoms with Gasteiger partial charge in [0.15, 0.2) is 0 Å². The fourth-order valence-electron chi connectivity index (χ4n) is 2.51. The molecule has 122 valence electrons. The summed E-state index contributed by atoms with van der Waals surface area (Å²) in [7, 11) is 1.58. The van der Waals surface area contributed by atoms with E-state index in [0.717, 1.165) is 11.0 Å². The van der Waals surface area contributed by atoms with Crippen molar-refractivity contribution in [2.45, 2.75) is 13.0 Å². The molecule has 6 nitrogen and oxygen atoms in total. The number of nitrogens with zero attached hydrogens (tertiary/aromatic N) is 2. The zero-order valence-corrected chi connectivity index (χ0v) is 13.5. The Kier molecular flexibility index (Phi) is 4.29. The lowest BCUT2D eigenvalue weighted by Crippen LogP contribution is -2.23. The van der Waals surface area contributed by atoms with E-state index in [4.69, 9.17) is 0 Å². The summed E-state index contributed by atoms with van der Waals surface area (Å²) >= 11 is 0. The SMILES string of the molecule is CNC(=O)c1ccc(NC(=O)C(C)n2cnc3ccccc32)cc1. The molecule has 1 unspecified atom stereocenters. The minimum absolute atomic E-state index is 0.147. The van der Waals surface area contributed by atoms with E-state index in [1.54, 1.807) is 37.6 Å². The Morgan fingerprint density at radius 2 is 1.79 bits per heavy atom. The van der Waals surface area contributed by atoms with E-state index < -0.39 is 6.04 Å². The van der Waals surface area contributed by atoms with Gasteiger partial charge in [-0.15, -0.1) is 0 Å². The van der Waals surface area contributed by atoms with Gasteiger partial charge in [-0.2, -0.15) is 0 Å². The van der Waals surface area contributed by atoms with Crippen molar-refractivity contribution in [2.24, 2.45) is 0 Å². The van der Waals surface area contributed by atoms with Crippen molar-refractivity contribution in [1.29, 1.82) is 0 Å². The van der Waals surface area contributed by atoms with Crippen molar-refractivity contribution in [2.75, 3.05) is 12.4 Å². The molecule has 0 spiro atoms. The molecule has 1 atom stereocenters. The van der Waals surface area contributed by atoms with E-state index >= 15 is 0 Å². The highest BCUT2D eigenvalue weighted by Crippen LogP contribution is 2.19. The monoisotopic (exact) mass is 322 g/mol. The second-order valence-corrected chi connectivity index (χ2v) is 5.46. The van der Waals surface area contributed by atoms with Crippen LogP contribution in [0.25, 0.3) is 11.0 Å². The summed E-state index contributed by atoms with van der Waals surface area (Å²) in [5.74, 6) is -0.308. The van der Waals surface area contributed by atoms with E-state index in [0.29, 0.717) is 11.3 Å². The summed E-state index contributed by atoms with van der Waals surface area (Å²) in [5.41, 5.74) is 2.95. The molecular formula is C18H18N4O2. The molecule has 2 amide bonds. The van der Waals surface area contributed by atoms with Crippen molar-refractivity contribution < 1.29 is 9.59 Å². The number of carbonyl (C=O) groups excluding carboxylic acids is 2. The Balaban J connectivity index is 1.75. The van der Waals surface area contributed by atoms with Crippen molar-refractivity contribution in [3.63, 3.8) is 0 Å². The molecule has 3 aromatic rings. The first-order valence-corrected chi connectivity index (χ1v) is 7.64. The minimum Gasteiger partial charge on any atom is -0.355 e. The van der Waals surface area contributed by atoms with Crippen molar-refractivity contribution >= 4 is 28.5 Å². The number of imidazole rings is 1. The molecule has 0 aliphatic heterocycles. The number of benzene rings is 2. The number of fused-ring (bicyclic) bond motifs is 1. The third-order valence-corrected chi connectivity index (χ3v) is 3.92. The number of amides is 2. The van der Waals surface area contributed by atoms with Crippen LogP contribution in [0.5, 0.6) is 0 Å². The third-order valence-electron chi connectivity index (χ3n) is 3.92. The Morgan fingerprint density at radius 3 is 2.50 bits per heavy atom. The van der Waals surface area contributed by atoms with Crippen LogP contribution < -0.4 is 10.6 Å². The number of hydrogen-bond donors (Lipinski definition) is 2. The fourth-order valence-corrected chi connectivity index (χ4v) is 2.51. The smallest absolute Gasteiger partial charge is 0.251 e. The van der Waals surface area contributed by atoms with Crippen LogP contribution in [-0.2, 0) is 4.79 Å². The zero-order valence-electron chi connectivity index (χ0n) is 13.5. The maximum Gasteiger partial charge on any atom is 0.251 e. The average Bonchev–Trinajstić information content (AvgIpc) is 3.05. The van der Waals surface area contributed by atoms with Crippen LogP contribution >= 0.6 is 0 Å². The van der Waals surface area contributed by atoms with Gasteiger partial charge in [-0.3, -0.25) is 9.59 Å². The highest BCUT2D eigenvalue weighted by Gasteiger charge is 2.17. The van der Waals surface area contributed by atoms with Gasteiger partial charge in [-0.05, 0) is 43.3 Å². The summed E-state index contributed by atoms with van der Waals surface area (Å²) in [6.07, 6.45) is 1.67. The first-order chi connectivity index (χ1) is 11.6. The largest absolute Gasteiger partial charge is 0.355 e. The molecule has 1 aromatic heterocycles. The number of nitrogens with one attached hydrogen (secondary N) is 2. The highest BCUT2D eigenvalue weighted by molar-refractivity contribution is 5.97. The minimum atomic E-state index is -0.406. The van der Waals surface area contributed by atoms with Crippen LogP contribution in [0.4, 0.5) is 5.69 Å². The predicted octanol–water partition coefficient (Wildman–Crippen LogP) is 2.60. The van der Waals surface area contributed by atoms with Crippen LogP contribution in [0.3, 0.4) is 0 Å². The van der Waals surface area contributed by atoms with Crippen LogP contribution in [0.1, 0.15) is 23.3 Å². The molecule has 2 N–H and O–H groups in total. The van der Waals surface area contributed by atoms with E-state index in [1.165, 1.54) is 0 Å². The number of carbonyl (C=O) groups is 2. The lowest BCUT2D eigenvalue weighted by molar-refractivity contribution is -0.118. The number of rotatable bonds is 4. The maximum absolute atomic E-state index is 12.5. The molecule has 0 fully saturated rings. The summed E-state index contributed by atoms with van der Waals surface area (Å²) in [6, 6.07) is 14.0. The van der Waals surface area contributed by atoms with Gasteiger partial charge in [0.2, 0.25) is 5.91 Å². The molecule has 24 heavy (non-hydrogen) atoms. The van der Waals surface area contributed by atoms with Gasteiger partial charge in [-0.1, -0.05) is 12.1 Å². The van der Waals surface area contributed by atoms with Crippen molar-refractivity contribution in [3.05, 3.63) is 60.4 Å². The summed E-state index contributed by atoms with van der Waals surface area (Å²) < 4.78 is 1.84. The Labute approximate surface area is 139 Å². The zero-order chi connectivity index (χ0) is 17.1. The third kappa shape index (κ3) is 2.99. The first kappa shape index (κ1) is 15.7. The van der Waals surface area contributed by atoms with Gasteiger partial charge >= 0.3 is 0 Å². The maximum atomic E-state index is 12.5. The second-order valence-electron chi connectivity index (χ2n) is 5.46. The standard InChI is InChI=1S/C18H18N4O2/c1-12(22-11-20-15-5-3-4-6-16(15)22)17(23)21-14-9-7-13(8-10-14)18(24)19-2/h3-12H,1-2H3,(H,19,24)(H,21,23). The van der Waals surface area contributed by atoms with Crippen LogP contribution in [-0.4, -0.2) is 28.4 Å². The number of para-hydroxylation sites is 2. The molecule has 0 saturated carbocycles. The highest BCUT2D eigenvalue weighted by atomic mass is 16.2. The predicted molar refractivity (Wildman–Crippen MR) is 92.9 cm³/mol. The number of anilines is 1. The van der Waals surface area contributed by atoms with Crippen molar-refractivity contribution in [1.82, 2.24) is 14.9 Å². The average molecular weight is 322 g/mol. The fraction of sp³-hybridized carbons (Fsp3) is 0.167. The van der Waals surface area contributed by atoms with Gasteiger partial charge in [0.1, 0.15) is 6.04 Å². The topological polar surface area (TPSA) is 76.0 Å². The molecule has 0 saturated heterocycles. The molecule has 0 aliphatic carbocycles. The van der Waals surface area contributed by atoms with Crippen LogP contribution in [0.15, 0.2) is 54.9 Å². The van der Waals surface area contributed by atoms with Crippen LogP contribution in [0.2, 0.25) is 0 Å². The Hall–Kier alpha value is -3.15. The molecule has 0 radical (unpaired) electrons. The van der Waals surface area contributed by atoms with Crippen molar-refractivity contribution in [3.8, 4) is 0 Å². The van der Waals surface area contributed by atoms with E-state index in [2.05, 4.69) is 15.6 Å². The lowest BCUT2D eigenvalue weighted by atomic mass is 10.2. The molecule has 6 heteroatoms. The molecular weight excluding hydrogens is 304 g/mol. The number of hydrogen-bond acceptors (Lipinski definition) is 3. The van der Waals surface area contributed by atoms with Crippen LogP contribution in [0, 0.1) is 0 Å². The summed E-state index contributed by atoms with van der Waals surface area (Å²) in [4.78, 5) is 28.3. The quantitative estimate of drug-likeness (QED) is 0.775. The van der Waals surface area contributed by atoms with E-state index in [-0.39, 0.29) is 11.8 Å². The van der Waals surface area contributed by atoms with Gasteiger partial charge in [0.05, 0.1) is 17.4 Å². The Bertz CT molecular complexity index is 883. The summed E-state index contributed by atoms with van der Waals surface area (Å²) in [6.45, 7) is 1.82. The lowest BCUT2D eigenvalue weighted by Gasteiger charge is -2.14.